The summed E-state index contributed by atoms with van der Waals surface area (Å²) in [4.78, 5) is 11.1. The molecule has 0 aliphatic heterocycles. The summed E-state index contributed by atoms with van der Waals surface area (Å²) in [6.07, 6.45) is 0. The fraction of sp³-hybridized carbons (Fsp3) is 0.0667. The van der Waals surface area contributed by atoms with Crippen molar-refractivity contribution in [2.24, 2.45) is 0 Å². The number of carbonyl (C=O) groups is 1. The highest BCUT2D eigenvalue weighted by molar-refractivity contribution is 5.91. The number of nitrogens with one attached hydrogen (secondary N) is 1. The maximum Gasteiger partial charge on any atom is 0.221 e. The third-order valence-electron chi connectivity index (χ3n) is 2.56. The van der Waals surface area contributed by atoms with Gasteiger partial charge < -0.3 is 5.32 Å². The van der Waals surface area contributed by atoms with Crippen LogP contribution in [-0.4, -0.2) is 5.91 Å². The van der Waals surface area contributed by atoms with E-state index in [1.165, 1.54) is 6.92 Å². The van der Waals surface area contributed by atoms with Gasteiger partial charge in [-0.2, -0.15) is 5.26 Å². The van der Waals surface area contributed by atoms with E-state index in [1.54, 1.807) is 6.07 Å². The minimum Gasteiger partial charge on any atom is -0.325 e. The zero-order valence-corrected chi connectivity index (χ0v) is 9.97. The van der Waals surface area contributed by atoms with Gasteiger partial charge in [-0.05, 0) is 23.3 Å². The molecule has 0 aliphatic rings. The van der Waals surface area contributed by atoms with Crippen molar-refractivity contribution in [3.8, 4) is 17.2 Å². The van der Waals surface area contributed by atoms with E-state index in [2.05, 4.69) is 11.4 Å². The van der Waals surface area contributed by atoms with Crippen LogP contribution in [0.5, 0.6) is 0 Å². The van der Waals surface area contributed by atoms with Crippen LogP contribution in [0.2, 0.25) is 0 Å². The molecule has 0 aromatic heterocycles. The van der Waals surface area contributed by atoms with Crippen molar-refractivity contribution in [1.82, 2.24) is 0 Å². The number of rotatable bonds is 2. The maximum atomic E-state index is 11.1. The van der Waals surface area contributed by atoms with Crippen LogP contribution in [0.3, 0.4) is 0 Å². The summed E-state index contributed by atoms with van der Waals surface area (Å²) in [6.45, 7) is 1.43. The van der Waals surface area contributed by atoms with E-state index in [-0.39, 0.29) is 5.91 Å². The summed E-state index contributed by atoms with van der Waals surface area (Å²) in [5.41, 5.74) is 3.03. The van der Waals surface area contributed by atoms with Crippen molar-refractivity contribution in [3.05, 3.63) is 54.1 Å². The van der Waals surface area contributed by atoms with Gasteiger partial charge >= 0.3 is 0 Å². The zero-order valence-electron chi connectivity index (χ0n) is 9.97. The summed E-state index contributed by atoms with van der Waals surface area (Å²) in [5.74, 6) is -0.184. The molecule has 0 atom stereocenters. The third-order valence-corrected chi connectivity index (χ3v) is 2.56. The molecule has 3 heteroatoms. The first-order chi connectivity index (χ1) is 8.70. The van der Waals surface area contributed by atoms with Crippen LogP contribution in [0, 0.1) is 11.3 Å². The Bertz CT molecular complexity index is 612. The number of carbonyl (C=O) groups excluding carboxylic acids is 1. The van der Waals surface area contributed by atoms with Gasteiger partial charge in [0.25, 0.3) is 0 Å². The Morgan fingerprint density at radius 1 is 1.11 bits per heavy atom. The second-order valence-electron chi connectivity index (χ2n) is 3.92. The Hall–Kier alpha value is -2.60. The van der Waals surface area contributed by atoms with E-state index in [0.717, 1.165) is 11.1 Å². The van der Waals surface area contributed by atoms with E-state index in [9.17, 15) is 4.79 Å². The summed E-state index contributed by atoms with van der Waals surface area (Å²) < 4.78 is 0. The first-order valence-corrected chi connectivity index (χ1v) is 5.58. The Kier molecular flexibility index (Phi) is 3.40. The van der Waals surface area contributed by atoms with Crippen molar-refractivity contribution in [2.75, 3.05) is 5.32 Å². The molecule has 0 radical (unpaired) electrons. The Balaban J connectivity index is 2.47. The number of benzene rings is 2. The lowest BCUT2D eigenvalue weighted by Crippen LogP contribution is -2.07. The minimum atomic E-state index is -0.184. The van der Waals surface area contributed by atoms with E-state index < -0.39 is 0 Å². The molecule has 0 spiro atoms. The Morgan fingerprint density at radius 3 is 2.44 bits per heavy atom. The molecule has 0 aliphatic carbocycles. The van der Waals surface area contributed by atoms with Gasteiger partial charge in [0.15, 0.2) is 0 Å². The van der Waals surface area contributed by atoms with E-state index >= 15 is 0 Å². The van der Waals surface area contributed by atoms with Crippen molar-refractivity contribution in [1.29, 1.82) is 5.26 Å². The summed E-state index contributed by atoms with van der Waals surface area (Å²) >= 11 is 0. The maximum absolute atomic E-state index is 11.1. The number of hydrogen-bond donors (Lipinski definition) is 1. The molecule has 2 aromatic carbocycles. The van der Waals surface area contributed by atoms with Crippen LogP contribution in [0.4, 0.5) is 5.69 Å². The highest BCUT2D eigenvalue weighted by Crippen LogP contribution is 2.25. The summed E-state index contributed by atoms with van der Waals surface area (Å²) in [5, 5.41) is 11.7. The van der Waals surface area contributed by atoms with E-state index in [0.29, 0.717) is 11.3 Å². The molecule has 3 nitrogen and oxygen atoms in total. The molecule has 1 amide bonds. The molecular formula is C15H12N2O. The van der Waals surface area contributed by atoms with Gasteiger partial charge in [0.1, 0.15) is 6.07 Å². The first kappa shape index (κ1) is 11.9. The van der Waals surface area contributed by atoms with Gasteiger partial charge in [0.05, 0.1) is 11.3 Å². The van der Waals surface area contributed by atoms with Gasteiger partial charge in [0, 0.05) is 6.92 Å². The van der Waals surface area contributed by atoms with Gasteiger partial charge in [0.2, 0.25) is 5.91 Å². The number of nitrogens with zero attached hydrogens (tertiary/aromatic N) is 1. The molecule has 18 heavy (non-hydrogen) atoms. The van der Waals surface area contributed by atoms with Crippen molar-refractivity contribution in [3.63, 3.8) is 0 Å². The van der Waals surface area contributed by atoms with Gasteiger partial charge in [-0.1, -0.05) is 36.4 Å². The van der Waals surface area contributed by atoms with E-state index in [4.69, 9.17) is 5.26 Å². The smallest absolute Gasteiger partial charge is 0.221 e. The first-order valence-electron chi connectivity index (χ1n) is 5.58. The van der Waals surface area contributed by atoms with Crippen molar-refractivity contribution < 1.29 is 4.79 Å². The quantitative estimate of drug-likeness (QED) is 0.870. The molecular weight excluding hydrogens is 224 g/mol. The third kappa shape index (κ3) is 2.55. The predicted molar refractivity (Wildman–Crippen MR) is 70.9 cm³/mol. The number of hydrogen-bond acceptors (Lipinski definition) is 2. The van der Waals surface area contributed by atoms with Crippen LogP contribution < -0.4 is 5.32 Å². The molecule has 0 fully saturated rings. The van der Waals surface area contributed by atoms with Gasteiger partial charge in [-0.15, -0.1) is 0 Å². The molecule has 0 heterocycles. The van der Waals surface area contributed by atoms with Gasteiger partial charge in [-0.3, -0.25) is 4.79 Å². The summed E-state index contributed by atoms with van der Waals surface area (Å²) in [6, 6.07) is 17.3. The molecule has 2 rings (SSSR count). The second kappa shape index (κ2) is 5.15. The standard InChI is InChI=1S/C15H12N2O/c1-11(18)17-15-9-13(7-8-14(15)10-16)12-5-3-2-4-6-12/h2-9H,1H3,(H,17,18). The number of nitriles is 1. The van der Waals surface area contributed by atoms with Crippen LogP contribution in [0.15, 0.2) is 48.5 Å². The topological polar surface area (TPSA) is 52.9 Å². The fourth-order valence-corrected chi connectivity index (χ4v) is 1.74. The van der Waals surface area contributed by atoms with Gasteiger partial charge in [-0.25, -0.2) is 0 Å². The lowest BCUT2D eigenvalue weighted by atomic mass is 10.0. The van der Waals surface area contributed by atoms with Crippen LogP contribution >= 0.6 is 0 Å². The fourth-order valence-electron chi connectivity index (χ4n) is 1.74. The molecule has 0 unspecified atom stereocenters. The van der Waals surface area contributed by atoms with Crippen molar-refractivity contribution >= 4 is 11.6 Å². The second-order valence-corrected chi connectivity index (χ2v) is 3.92. The highest BCUT2D eigenvalue weighted by Gasteiger charge is 2.06. The lowest BCUT2D eigenvalue weighted by molar-refractivity contribution is -0.114. The average Bonchev–Trinajstić information content (AvgIpc) is 2.39. The SMILES string of the molecule is CC(=O)Nc1cc(-c2ccccc2)ccc1C#N. The van der Waals surface area contributed by atoms with Crippen LogP contribution in [0.25, 0.3) is 11.1 Å². The lowest BCUT2D eigenvalue weighted by Gasteiger charge is -2.08. The molecule has 0 saturated heterocycles. The molecule has 0 saturated carbocycles. The minimum absolute atomic E-state index is 0.184. The Labute approximate surface area is 106 Å². The highest BCUT2D eigenvalue weighted by atomic mass is 16.1. The van der Waals surface area contributed by atoms with Crippen molar-refractivity contribution in [2.45, 2.75) is 6.92 Å². The monoisotopic (exact) mass is 236 g/mol. The number of amides is 1. The Morgan fingerprint density at radius 2 is 1.83 bits per heavy atom. The molecule has 88 valence electrons. The number of anilines is 1. The molecule has 0 bridgehead atoms. The largest absolute Gasteiger partial charge is 0.325 e. The molecule has 2 aromatic rings. The van der Waals surface area contributed by atoms with Crippen LogP contribution in [0.1, 0.15) is 12.5 Å². The predicted octanol–water partition coefficient (Wildman–Crippen LogP) is 3.18. The molecule has 1 N–H and O–H groups in total. The van der Waals surface area contributed by atoms with E-state index in [1.807, 2.05) is 42.5 Å². The zero-order chi connectivity index (χ0) is 13.0. The summed E-state index contributed by atoms with van der Waals surface area (Å²) in [7, 11) is 0. The normalized spacial score (nSPS) is 9.56. The van der Waals surface area contributed by atoms with Crippen LogP contribution in [-0.2, 0) is 4.79 Å². The average molecular weight is 236 g/mol.